The van der Waals surface area contributed by atoms with Crippen LogP contribution >= 0.6 is 0 Å². The smallest absolute Gasteiger partial charge is 0.387 e. The summed E-state index contributed by atoms with van der Waals surface area (Å²) in [7, 11) is 1.28. The van der Waals surface area contributed by atoms with Gasteiger partial charge < -0.3 is 14.2 Å². The number of nitrogens with zero attached hydrogens (tertiary/aromatic N) is 1. The van der Waals surface area contributed by atoms with Crippen molar-refractivity contribution in [1.82, 2.24) is 0 Å². The maximum atomic E-state index is 13.7. The molecule has 134 valence electrons. The van der Waals surface area contributed by atoms with Gasteiger partial charge in [-0.05, 0) is 30.3 Å². The van der Waals surface area contributed by atoms with Crippen LogP contribution in [0, 0.1) is 5.82 Å². The second-order valence-electron chi connectivity index (χ2n) is 5.10. The molecule has 1 aliphatic rings. The maximum absolute atomic E-state index is 13.7. The van der Waals surface area contributed by atoms with Gasteiger partial charge in [0, 0.05) is 11.1 Å². The van der Waals surface area contributed by atoms with Crippen LogP contribution in [0.3, 0.4) is 0 Å². The van der Waals surface area contributed by atoms with Gasteiger partial charge in [-0.1, -0.05) is 18.2 Å². The Labute approximate surface area is 146 Å². The Morgan fingerprint density at radius 2 is 1.92 bits per heavy atom. The Morgan fingerprint density at radius 1 is 1.15 bits per heavy atom. The van der Waals surface area contributed by atoms with Crippen molar-refractivity contribution in [3.63, 3.8) is 0 Å². The first-order chi connectivity index (χ1) is 12.5. The van der Waals surface area contributed by atoms with Crippen LogP contribution in [-0.4, -0.2) is 25.6 Å². The van der Waals surface area contributed by atoms with Crippen LogP contribution < -0.4 is 9.47 Å². The average Bonchev–Trinajstić information content (AvgIpc) is 2.97. The number of methoxy groups -OCH3 is 1. The molecule has 2 aromatic carbocycles. The molecule has 0 spiro atoms. The molecule has 0 aromatic heterocycles. The van der Waals surface area contributed by atoms with E-state index in [9.17, 15) is 18.0 Å². The van der Waals surface area contributed by atoms with E-state index in [1.807, 2.05) is 0 Å². The predicted molar refractivity (Wildman–Crippen MR) is 86.6 cm³/mol. The normalized spacial score (nSPS) is 15.2. The molecule has 8 heteroatoms. The van der Waals surface area contributed by atoms with Gasteiger partial charge in [0.1, 0.15) is 5.82 Å². The predicted octanol–water partition coefficient (Wildman–Crippen LogP) is 3.78. The molecule has 2 aromatic rings. The molecule has 26 heavy (non-hydrogen) atoms. The lowest BCUT2D eigenvalue weighted by Crippen LogP contribution is -2.07. The zero-order chi connectivity index (χ0) is 18.7. The van der Waals surface area contributed by atoms with Gasteiger partial charge in [-0.3, -0.25) is 0 Å². The lowest BCUT2D eigenvalue weighted by atomic mass is 10.2. The fourth-order valence-electron chi connectivity index (χ4n) is 2.27. The average molecular weight is 363 g/mol. The molecule has 0 bridgehead atoms. The summed E-state index contributed by atoms with van der Waals surface area (Å²) in [6.45, 7) is -3.01. The number of carbonyl (C=O) groups excluding carboxylic acids is 1. The van der Waals surface area contributed by atoms with Gasteiger partial charge in [0.05, 0.1) is 7.11 Å². The van der Waals surface area contributed by atoms with E-state index in [4.69, 9.17) is 9.47 Å². The van der Waals surface area contributed by atoms with Crippen molar-refractivity contribution in [1.29, 1.82) is 0 Å². The first-order valence-corrected chi connectivity index (χ1v) is 7.38. The third-order valence-corrected chi connectivity index (χ3v) is 3.44. The summed E-state index contributed by atoms with van der Waals surface area (Å²) < 4.78 is 52.8. The molecule has 0 radical (unpaired) electrons. The van der Waals surface area contributed by atoms with E-state index in [2.05, 4.69) is 9.73 Å². The Hall–Kier alpha value is -3.29. The van der Waals surface area contributed by atoms with Crippen molar-refractivity contribution in [2.24, 2.45) is 4.99 Å². The molecule has 1 aliphatic heterocycles. The molecule has 0 amide bonds. The van der Waals surface area contributed by atoms with E-state index in [1.165, 1.54) is 49.6 Å². The highest BCUT2D eigenvalue weighted by Crippen LogP contribution is 2.31. The number of ether oxygens (including phenoxy) is 3. The molecule has 5 nitrogen and oxygen atoms in total. The standard InChI is InChI=1S/C18H12F3NO4/c1-24-15-9-11(6-7-14(15)25-18(20)21)16-22-13(17(23)26-16)8-10-4-2-3-5-12(10)19/h2-9,18H,1H3/b13-8-. The van der Waals surface area contributed by atoms with Gasteiger partial charge in [0.2, 0.25) is 5.90 Å². The minimum Gasteiger partial charge on any atom is -0.493 e. The molecular weight excluding hydrogens is 351 g/mol. The van der Waals surface area contributed by atoms with Crippen molar-refractivity contribution in [3.05, 3.63) is 65.1 Å². The molecule has 0 saturated carbocycles. The SMILES string of the molecule is COc1cc(C2=N/C(=C\c3ccccc3F)C(=O)O2)ccc1OC(F)F. The maximum Gasteiger partial charge on any atom is 0.387 e. The summed E-state index contributed by atoms with van der Waals surface area (Å²) in [6.07, 6.45) is 1.26. The van der Waals surface area contributed by atoms with E-state index in [0.29, 0.717) is 5.56 Å². The van der Waals surface area contributed by atoms with Gasteiger partial charge in [0.15, 0.2) is 17.2 Å². The van der Waals surface area contributed by atoms with E-state index in [-0.39, 0.29) is 28.7 Å². The first kappa shape index (κ1) is 17.5. The number of aliphatic imine (C=N–C) groups is 1. The van der Waals surface area contributed by atoms with E-state index < -0.39 is 18.4 Å². The largest absolute Gasteiger partial charge is 0.493 e. The third kappa shape index (κ3) is 3.69. The monoisotopic (exact) mass is 363 g/mol. The Balaban J connectivity index is 1.93. The van der Waals surface area contributed by atoms with Crippen molar-refractivity contribution in [2.45, 2.75) is 6.61 Å². The van der Waals surface area contributed by atoms with Crippen LogP contribution in [0.5, 0.6) is 11.5 Å². The Kier molecular flexibility index (Phi) is 4.92. The molecule has 1 heterocycles. The number of esters is 1. The molecule has 0 saturated heterocycles. The molecular formula is C18H12F3NO4. The zero-order valence-corrected chi connectivity index (χ0v) is 13.4. The first-order valence-electron chi connectivity index (χ1n) is 7.38. The molecule has 0 aliphatic carbocycles. The van der Waals surface area contributed by atoms with Crippen LogP contribution in [-0.2, 0) is 9.53 Å². The van der Waals surface area contributed by atoms with Crippen molar-refractivity contribution in [2.75, 3.05) is 7.11 Å². The second kappa shape index (κ2) is 7.30. The fraction of sp³-hybridized carbons (Fsp3) is 0.111. The number of rotatable bonds is 5. The summed E-state index contributed by atoms with van der Waals surface area (Å²) in [5.74, 6) is -1.47. The lowest BCUT2D eigenvalue weighted by molar-refractivity contribution is -0.129. The third-order valence-electron chi connectivity index (χ3n) is 3.44. The minimum absolute atomic E-state index is 0.0214. The molecule has 0 unspecified atom stereocenters. The number of hydrogen-bond donors (Lipinski definition) is 0. The van der Waals surface area contributed by atoms with Crippen molar-refractivity contribution in [3.8, 4) is 11.5 Å². The Bertz CT molecular complexity index is 909. The van der Waals surface area contributed by atoms with Crippen LogP contribution in [0.15, 0.2) is 53.2 Å². The van der Waals surface area contributed by atoms with Crippen LogP contribution in [0.4, 0.5) is 13.2 Å². The topological polar surface area (TPSA) is 57.1 Å². The van der Waals surface area contributed by atoms with Gasteiger partial charge in [-0.15, -0.1) is 0 Å². The molecule has 0 fully saturated rings. The number of halogens is 3. The van der Waals surface area contributed by atoms with Crippen molar-refractivity contribution < 1.29 is 32.2 Å². The Morgan fingerprint density at radius 3 is 2.62 bits per heavy atom. The summed E-state index contributed by atoms with van der Waals surface area (Å²) in [5.41, 5.74) is 0.411. The zero-order valence-electron chi connectivity index (χ0n) is 13.4. The number of cyclic esters (lactones) is 1. The molecule has 0 N–H and O–H groups in total. The quantitative estimate of drug-likeness (QED) is 0.599. The summed E-state index contributed by atoms with van der Waals surface area (Å²) in [4.78, 5) is 16.0. The van der Waals surface area contributed by atoms with Gasteiger partial charge in [-0.25, -0.2) is 14.2 Å². The summed E-state index contributed by atoms with van der Waals surface area (Å²) >= 11 is 0. The fourth-order valence-corrected chi connectivity index (χ4v) is 2.27. The summed E-state index contributed by atoms with van der Waals surface area (Å²) in [5, 5.41) is 0. The van der Waals surface area contributed by atoms with Crippen LogP contribution in [0.1, 0.15) is 11.1 Å². The van der Waals surface area contributed by atoms with Gasteiger partial charge >= 0.3 is 12.6 Å². The molecule has 3 rings (SSSR count). The van der Waals surface area contributed by atoms with E-state index >= 15 is 0 Å². The van der Waals surface area contributed by atoms with Gasteiger partial charge in [0.25, 0.3) is 0 Å². The highest BCUT2D eigenvalue weighted by atomic mass is 19.3. The molecule has 0 atom stereocenters. The minimum atomic E-state index is -3.01. The van der Waals surface area contributed by atoms with E-state index in [0.717, 1.165) is 0 Å². The number of alkyl halides is 2. The van der Waals surface area contributed by atoms with Crippen LogP contribution in [0.25, 0.3) is 6.08 Å². The highest BCUT2D eigenvalue weighted by Gasteiger charge is 2.25. The van der Waals surface area contributed by atoms with E-state index in [1.54, 1.807) is 6.07 Å². The number of carbonyl (C=O) groups is 1. The van der Waals surface area contributed by atoms with Gasteiger partial charge in [-0.2, -0.15) is 8.78 Å². The second-order valence-corrected chi connectivity index (χ2v) is 5.10. The van der Waals surface area contributed by atoms with Crippen LogP contribution in [0.2, 0.25) is 0 Å². The summed E-state index contributed by atoms with van der Waals surface area (Å²) in [6, 6.07) is 9.86. The number of hydrogen-bond acceptors (Lipinski definition) is 5. The highest BCUT2D eigenvalue weighted by molar-refractivity contribution is 6.13. The van der Waals surface area contributed by atoms with Crippen molar-refractivity contribution >= 4 is 17.9 Å². The lowest BCUT2D eigenvalue weighted by Gasteiger charge is -2.10. The number of benzene rings is 2.